The van der Waals surface area contributed by atoms with E-state index >= 15 is 0 Å². The number of ether oxygens (including phenoxy) is 4. The molecule has 0 radical (unpaired) electrons. The minimum absolute atomic E-state index is 0.0125. The lowest BCUT2D eigenvalue weighted by atomic mass is 10.00. The normalized spacial score (nSPS) is 27.8. The van der Waals surface area contributed by atoms with E-state index in [9.17, 15) is 30.0 Å². The van der Waals surface area contributed by atoms with Crippen molar-refractivity contribution in [3.63, 3.8) is 0 Å². The van der Waals surface area contributed by atoms with Gasteiger partial charge in [-0.05, 0) is 77.4 Å². The van der Waals surface area contributed by atoms with Gasteiger partial charge in [0.25, 0.3) is 0 Å². The lowest BCUT2D eigenvalue weighted by Crippen LogP contribution is -2.33. The summed E-state index contributed by atoms with van der Waals surface area (Å²) in [5.41, 5.74) is 1.22. The minimum Gasteiger partial charge on any atom is -0.455 e. The van der Waals surface area contributed by atoms with Gasteiger partial charge in [-0.15, -0.1) is 0 Å². The molecule has 0 spiro atoms. The van der Waals surface area contributed by atoms with Crippen molar-refractivity contribution in [3.05, 3.63) is 23.3 Å². The molecule has 4 N–H and O–H groups in total. The maximum atomic E-state index is 11.7. The summed E-state index contributed by atoms with van der Waals surface area (Å²) in [4.78, 5) is 23.4. The van der Waals surface area contributed by atoms with E-state index in [0.717, 1.165) is 116 Å². The molecule has 0 saturated carbocycles. The maximum Gasteiger partial charge on any atom is 0.334 e. The smallest absolute Gasteiger partial charge is 0.334 e. The lowest BCUT2D eigenvalue weighted by molar-refractivity contribution is -0.140. The van der Waals surface area contributed by atoms with Crippen molar-refractivity contribution in [2.75, 3.05) is 0 Å². The Bertz CT molecular complexity index is 1070. The van der Waals surface area contributed by atoms with E-state index in [1.165, 1.54) is 38.5 Å². The van der Waals surface area contributed by atoms with E-state index in [4.69, 9.17) is 18.9 Å². The number of aliphatic hydroxyl groups is 4. The first-order valence-corrected chi connectivity index (χ1v) is 22.0. The number of esters is 2. The van der Waals surface area contributed by atoms with Crippen LogP contribution >= 0.6 is 0 Å². The number of hydrogen-bond donors (Lipinski definition) is 4. The first-order chi connectivity index (χ1) is 26.1. The number of cyclic esters (lactones) is 2. The molecule has 0 aliphatic carbocycles. The molecule has 4 aliphatic rings. The van der Waals surface area contributed by atoms with Gasteiger partial charge in [0, 0.05) is 24.0 Å². The van der Waals surface area contributed by atoms with Gasteiger partial charge in [-0.3, -0.25) is 0 Å². The van der Waals surface area contributed by atoms with Gasteiger partial charge in [0.15, 0.2) is 0 Å². The van der Waals surface area contributed by atoms with Crippen LogP contribution in [-0.2, 0) is 28.5 Å². The van der Waals surface area contributed by atoms with Crippen molar-refractivity contribution in [3.8, 4) is 0 Å². The zero-order chi connectivity index (χ0) is 38.7. The summed E-state index contributed by atoms with van der Waals surface area (Å²) in [7, 11) is 0. The van der Waals surface area contributed by atoms with Crippen LogP contribution in [0.2, 0.25) is 0 Å². The van der Waals surface area contributed by atoms with Gasteiger partial charge >= 0.3 is 11.9 Å². The van der Waals surface area contributed by atoms with E-state index in [1.54, 1.807) is 0 Å². The molecule has 54 heavy (non-hydrogen) atoms. The summed E-state index contributed by atoms with van der Waals surface area (Å²) in [5, 5.41) is 42.1. The van der Waals surface area contributed by atoms with Gasteiger partial charge in [0.05, 0.1) is 48.8 Å². The second-order valence-electron chi connectivity index (χ2n) is 16.8. The fourth-order valence-electron chi connectivity index (χ4n) is 8.73. The topological polar surface area (TPSA) is 152 Å². The number of hydrogen-bond acceptors (Lipinski definition) is 10. The molecule has 310 valence electrons. The Morgan fingerprint density at radius 2 is 0.815 bits per heavy atom. The zero-order valence-electron chi connectivity index (χ0n) is 33.6. The summed E-state index contributed by atoms with van der Waals surface area (Å²) in [5.74, 6) is -0.578. The van der Waals surface area contributed by atoms with E-state index in [0.29, 0.717) is 24.0 Å². The molecule has 0 bridgehead atoms. The molecule has 0 unspecified atom stereocenters. The Morgan fingerprint density at radius 3 is 1.13 bits per heavy atom. The van der Waals surface area contributed by atoms with Crippen LogP contribution in [0.3, 0.4) is 0 Å². The Balaban J connectivity index is 0.913. The average Bonchev–Trinajstić information content (AvgIpc) is 3.94. The van der Waals surface area contributed by atoms with Crippen molar-refractivity contribution in [1.82, 2.24) is 0 Å². The molecular weight excluding hydrogens is 688 g/mol. The first kappa shape index (κ1) is 44.9. The van der Waals surface area contributed by atoms with E-state index in [-0.39, 0.29) is 48.6 Å². The molecule has 10 atom stereocenters. The van der Waals surface area contributed by atoms with Gasteiger partial charge in [-0.1, -0.05) is 103 Å². The summed E-state index contributed by atoms with van der Waals surface area (Å²) in [6.45, 7) is 3.67. The molecule has 4 aliphatic heterocycles. The molecule has 0 aromatic carbocycles. The van der Waals surface area contributed by atoms with Gasteiger partial charge in [-0.25, -0.2) is 9.59 Å². The number of carbonyl (C=O) groups excluding carboxylic acids is 2. The van der Waals surface area contributed by atoms with Gasteiger partial charge in [-0.2, -0.15) is 0 Å². The second kappa shape index (κ2) is 24.7. The quantitative estimate of drug-likeness (QED) is 0.0438. The molecule has 0 amide bonds. The molecule has 4 heterocycles. The highest BCUT2D eigenvalue weighted by molar-refractivity contribution is 5.91. The summed E-state index contributed by atoms with van der Waals surface area (Å²) in [6, 6.07) is 0. The first-order valence-electron chi connectivity index (χ1n) is 22.0. The van der Waals surface area contributed by atoms with Crippen LogP contribution in [0.1, 0.15) is 181 Å². The van der Waals surface area contributed by atoms with E-state index in [2.05, 4.69) is 0 Å². The molecule has 4 rings (SSSR count). The Morgan fingerprint density at radius 1 is 0.500 bits per heavy atom. The van der Waals surface area contributed by atoms with Crippen LogP contribution in [0, 0.1) is 0 Å². The number of rotatable bonds is 29. The van der Waals surface area contributed by atoms with E-state index < -0.39 is 24.4 Å². The zero-order valence-corrected chi connectivity index (χ0v) is 33.6. The second-order valence-corrected chi connectivity index (χ2v) is 16.8. The third-order valence-corrected chi connectivity index (χ3v) is 11.9. The van der Waals surface area contributed by atoms with Crippen LogP contribution in [0.4, 0.5) is 0 Å². The minimum atomic E-state index is -0.476. The number of aliphatic hydroxyl groups excluding tert-OH is 4. The average molecular weight is 763 g/mol. The summed E-state index contributed by atoms with van der Waals surface area (Å²) >= 11 is 0. The molecule has 10 heteroatoms. The van der Waals surface area contributed by atoms with Gasteiger partial charge in [0.1, 0.15) is 12.2 Å². The van der Waals surface area contributed by atoms with Gasteiger partial charge < -0.3 is 39.4 Å². The van der Waals surface area contributed by atoms with Crippen LogP contribution in [0.5, 0.6) is 0 Å². The molecule has 2 saturated heterocycles. The van der Waals surface area contributed by atoms with Crippen LogP contribution in [-0.4, -0.2) is 93.4 Å². The summed E-state index contributed by atoms with van der Waals surface area (Å²) < 4.78 is 22.8. The molecule has 2 fully saturated rings. The number of unbranched alkanes of at least 4 members (excludes halogenated alkanes) is 14. The fraction of sp³-hybridized carbons (Fsp3) is 0.864. The van der Waals surface area contributed by atoms with Crippen LogP contribution < -0.4 is 0 Å². The number of carbonyl (C=O) groups is 2. The van der Waals surface area contributed by atoms with Crippen molar-refractivity contribution in [2.24, 2.45) is 0 Å². The van der Waals surface area contributed by atoms with E-state index in [1.807, 2.05) is 26.0 Å². The fourth-order valence-corrected chi connectivity index (χ4v) is 8.73. The summed E-state index contributed by atoms with van der Waals surface area (Å²) in [6.07, 6.45) is 26.4. The SMILES string of the molecule is C[C@H]1C=C(C[C@H](O)CCCCCCCCCC[C@@H](O)[C@H]2CC[C@H]([C@H]3CC[C@H]([C@H](O)CCCCCCCCCC[C@@H](O)CC4=C[C@H](C)OC4=O)O3)O2)C(=O)O1. The Labute approximate surface area is 325 Å². The lowest BCUT2D eigenvalue weighted by Gasteiger charge is -2.24. The third-order valence-electron chi connectivity index (χ3n) is 11.9. The van der Waals surface area contributed by atoms with Crippen LogP contribution in [0.25, 0.3) is 0 Å². The standard InChI is InChI=1S/C44H74O10/c1-31-27-33(43(49)51-31)29-35(45)19-15-11-7-3-5-9-13-17-21-37(47)39-23-25-41(53-39)42-26-24-40(54-42)38(48)22-18-14-10-6-4-8-12-16-20-36(46)30-34-28-32(2)52-44(34)50/h27-28,31-32,35-42,45-48H,3-26,29-30H2,1-2H3/t31-,32-,35+,36+,37+,38+,39+,40+,41+,42+/m0/s1. The largest absolute Gasteiger partial charge is 0.455 e. The molecule has 10 nitrogen and oxygen atoms in total. The predicted molar refractivity (Wildman–Crippen MR) is 209 cm³/mol. The maximum absolute atomic E-state index is 11.7. The van der Waals surface area contributed by atoms with Crippen molar-refractivity contribution < 1.29 is 49.0 Å². The molecule has 0 aromatic heterocycles. The Hall–Kier alpha value is -1.82. The molecular formula is C44H74O10. The highest BCUT2D eigenvalue weighted by Crippen LogP contribution is 2.35. The van der Waals surface area contributed by atoms with Gasteiger partial charge in [0.2, 0.25) is 0 Å². The van der Waals surface area contributed by atoms with Crippen molar-refractivity contribution in [1.29, 1.82) is 0 Å². The van der Waals surface area contributed by atoms with Crippen molar-refractivity contribution in [2.45, 2.75) is 242 Å². The monoisotopic (exact) mass is 763 g/mol. The highest BCUT2D eigenvalue weighted by atomic mass is 16.6. The third kappa shape index (κ3) is 16.3. The Kier molecular flexibility index (Phi) is 20.6. The predicted octanol–water partition coefficient (Wildman–Crippen LogP) is 7.85. The van der Waals surface area contributed by atoms with Crippen LogP contribution in [0.15, 0.2) is 23.3 Å². The van der Waals surface area contributed by atoms with Crippen molar-refractivity contribution >= 4 is 11.9 Å². The highest BCUT2D eigenvalue weighted by Gasteiger charge is 2.40. The molecule has 0 aromatic rings.